The summed E-state index contributed by atoms with van der Waals surface area (Å²) in [6.07, 6.45) is 2.98. The highest BCUT2D eigenvalue weighted by Gasteiger charge is 2.29. The molecule has 1 saturated heterocycles. The van der Waals surface area contributed by atoms with E-state index in [1.54, 1.807) is 16.7 Å². The van der Waals surface area contributed by atoms with Gasteiger partial charge < -0.3 is 23.9 Å². The third-order valence-electron chi connectivity index (χ3n) is 6.81. The van der Waals surface area contributed by atoms with Crippen molar-refractivity contribution in [1.29, 1.82) is 0 Å². The van der Waals surface area contributed by atoms with Crippen molar-refractivity contribution < 1.29 is 33.0 Å². The molecule has 2 aromatic heterocycles. The highest BCUT2D eigenvalue weighted by molar-refractivity contribution is 5.85. The number of benzene rings is 1. The summed E-state index contributed by atoms with van der Waals surface area (Å²) < 4.78 is 43.6. The maximum absolute atomic E-state index is 15.4. The van der Waals surface area contributed by atoms with E-state index in [-0.39, 0.29) is 49.2 Å². The molecule has 0 spiro atoms. The van der Waals surface area contributed by atoms with Gasteiger partial charge >= 0.3 is 12.2 Å². The van der Waals surface area contributed by atoms with Gasteiger partial charge in [-0.05, 0) is 62.4 Å². The SMILES string of the molecule is Cc1ccn2c(CC3CN(C(=O)O)CCO3)c(-c3c(F)cc(NC(=O)OC4CCCC4)cc3F)nc2c1. The number of halogens is 2. The van der Waals surface area contributed by atoms with Crippen LogP contribution >= 0.6 is 0 Å². The number of hydrogen-bond donors (Lipinski definition) is 2. The van der Waals surface area contributed by atoms with E-state index in [4.69, 9.17) is 9.47 Å². The Morgan fingerprint density at radius 3 is 2.65 bits per heavy atom. The average molecular weight is 515 g/mol. The molecule has 2 aliphatic rings. The molecule has 2 N–H and O–H groups in total. The summed E-state index contributed by atoms with van der Waals surface area (Å²) in [7, 11) is 0. The smallest absolute Gasteiger partial charge is 0.411 e. The number of aryl methyl sites for hydroxylation is 1. The summed E-state index contributed by atoms with van der Waals surface area (Å²) >= 11 is 0. The molecule has 1 unspecified atom stereocenters. The fourth-order valence-corrected chi connectivity index (χ4v) is 5.00. The normalized spacial score (nSPS) is 18.4. The molecule has 0 bridgehead atoms. The van der Waals surface area contributed by atoms with Crippen LogP contribution in [0.4, 0.5) is 24.1 Å². The van der Waals surface area contributed by atoms with Crippen molar-refractivity contribution in [2.75, 3.05) is 25.0 Å². The number of pyridine rings is 1. The first-order chi connectivity index (χ1) is 17.8. The number of carbonyl (C=O) groups is 2. The van der Waals surface area contributed by atoms with Crippen molar-refractivity contribution in [3.8, 4) is 11.3 Å². The van der Waals surface area contributed by atoms with E-state index >= 15 is 8.78 Å². The van der Waals surface area contributed by atoms with Gasteiger partial charge in [0.1, 0.15) is 23.4 Å². The van der Waals surface area contributed by atoms with Crippen LogP contribution in [0.2, 0.25) is 0 Å². The number of anilines is 1. The Morgan fingerprint density at radius 1 is 1.22 bits per heavy atom. The number of nitrogens with zero attached hydrogens (tertiary/aromatic N) is 3. The number of aromatic nitrogens is 2. The van der Waals surface area contributed by atoms with Crippen molar-refractivity contribution in [3.63, 3.8) is 0 Å². The van der Waals surface area contributed by atoms with Crippen LogP contribution in [0.3, 0.4) is 0 Å². The van der Waals surface area contributed by atoms with Crippen LogP contribution in [0.1, 0.15) is 36.9 Å². The maximum Gasteiger partial charge on any atom is 0.411 e. The minimum Gasteiger partial charge on any atom is -0.465 e. The lowest BCUT2D eigenvalue weighted by Gasteiger charge is -2.31. The van der Waals surface area contributed by atoms with Crippen LogP contribution in [0.15, 0.2) is 30.5 Å². The van der Waals surface area contributed by atoms with Gasteiger partial charge in [0.25, 0.3) is 0 Å². The summed E-state index contributed by atoms with van der Waals surface area (Å²) in [5.41, 5.74) is 1.61. The minimum absolute atomic E-state index is 0.0596. The quantitative estimate of drug-likeness (QED) is 0.497. The lowest BCUT2D eigenvalue weighted by molar-refractivity contribution is -0.0214. The van der Waals surface area contributed by atoms with Crippen molar-refractivity contribution in [2.24, 2.45) is 0 Å². The molecule has 1 aliphatic carbocycles. The van der Waals surface area contributed by atoms with E-state index in [0.717, 1.165) is 43.4 Å². The second-order valence-electron chi connectivity index (χ2n) is 9.52. The van der Waals surface area contributed by atoms with Crippen LogP contribution in [-0.4, -0.2) is 63.5 Å². The molecular formula is C26H28F2N4O5. The molecule has 2 fully saturated rings. The van der Waals surface area contributed by atoms with Gasteiger partial charge in [-0.25, -0.2) is 23.4 Å². The number of fused-ring (bicyclic) bond motifs is 1. The molecule has 1 atom stereocenters. The van der Waals surface area contributed by atoms with E-state index in [1.165, 1.54) is 4.90 Å². The van der Waals surface area contributed by atoms with Crippen LogP contribution in [0, 0.1) is 18.6 Å². The summed E-state index contributed by atoms with van der Waals surface area (Å²) in [6, 6.07) is 5.72. The number of carboxylic acid groups (broad SMARTS) is 1. The fraction of sp³-hybridized carbons (Fsp3) is 0.423. The molecule has 9 nitrogen and oxygen atoms in total. The first-order valence-corrected chi connectivity index (χ1v) is 12.3. The predicted molar refractivity (Wildman–Crippen MR) is 131 cm³/mol. The fourth-order valence-electron chi connectivity index (χ4n) is 5.00. The zero-order valence-electron chi connectivity index (χ0n) is 20.4. The summed E-state index contributed by atoms with van der Waals surface area (Å²) in [4.78, 5) is 29.4. The van der Waals surface area contributed by atoms with E-state index in [0.29, 0.717) is 11.3 Å². The maximum atomic E-state index is 15.4. The third-order valence-corrected chi connectivity index (χ3v) is 6.81. The molecular weight excluding hydrogens is 486 g/mol. The number of imidazole rings is 1. The van der Waals surface area contributed by atoms with Gasteiger partial charge in [0.2, 0.25) is 0 Å². The number of morpholine rings is 1. The monoisotopic (exact) mass is 514 g/mol. The Morgan fingerprint density at radius 2 is 1.95 bits per heavy atom. The summed E-state index contributed by atoms with van der Waals surface area (Å²) in [5, 5.41) is 11.8. The predicted octanol–water partition coefficient (Wildman–Crippen LogP) is 5.00. The van der Waals surface area contributed by atoms with Gasteiger partial charge in [0.15, 0.2) is 0 Å². The van der Waals surface area contributed by atoms with Crippen LogP contribution < -0.4 is 5.32 Å². The molecule has 2 amide bonds. The molecule has 1 saturated carbocycles. The zero-order valence-corrected chi connectivity index (χ0v) is 20.4. The first kappa shape index (κ1) is 24.9. The number of ether oxygens (including phenoxy) is 2. The van der Waals surface area contributed by atoms with E-state index in [9.17, 15) is 14.7 Å². The van der Waals surface area contributed by atoms with Gasteiger partial charge in [-0.1, -0.05) is 0 Å². The van der Waals surface area contributed by atoms with Gasteiger partial charge in [-0.2, -0.15) is 0 Å². The largest absolute Gasteiger partial charge is 0.465 e. The van der Waals surface area contributed by atoms with E-state index in [1.807, 2.05) is 13.0 Å². The number of hydrogen-bond acceptors (Lipinski definition) is 5. The molecule has 196 valence electrons. The average Bonchev–Trinajstić information content (AvgIpc) is 3.46. The Balaban J connectivity index is 1.46. The molecule has 3 heterocycles. The Bertz CT molecular complexity index is 1310. The highest BCUT2D eigenvalue weighted by Crippen LogP contribution is 2.33. The Labute approximate surface area is 212 Å². The molecule has 11 heteroatoms. The van der Waals surface area contributed by atoms with Crippen LogP contribution in [-0.2, 0) is 15.9 Å². The molecule has 37 heavy (non-hydrogen) atoms. The third kappa shape index (κ3) is 5.36. The molecule has 5 rings (SSSR count). The van der Waals surface area contributed by atoms with E-state index < -0.39 is 29.9 Å². The Hall–Kier alpha value is -3.73. The van der Waals surface area contributed by atoms with Crippen molar-refractivity contribution in [2.45, 2.75) is 51.2 Å². The van der Waals surface area contributed by atoms with Gasteiger partial charge in [-0.3, -0.25) is 5.32 Å². The number of amides is 2. The molecule has 1 aliphatic heterocycles. The topological polar surface area (TPSA) is 105 Å². The highest BCUT2D eigenvalue weighted by atomic mass is 19.1. The molecule has 3 aromatic rings. The van der Waals surface area contributed by atoms with Crippen molar-refractivity contribution in [3.05, 3.63) is 53.4 Å². The van der Waals surface area contributed by atoms with Gasteiger partial charge in [-0.15, -0.1) is 0 Å². The van der Waals surface area contributed by atoms with Crippen LogP contribution in [0.5, 0.6) is 0 Å². The zero-order chi connectivity index (χ0) is 26.1. The number of carbonyl (C=O) groups excluding carboxylic acids is 1. The van der Waals surface area contributed by atoms with Crippen molar-refractivity contribution >= 4 is 23.5 Å². The number of nitrogens with one attached hydrogen (secondary N) is 1. The van der Waals surface area contributed by atoms with Crippen molar-refractivity contribution in [1.82, 2.24) is 14.3 Å². The summed E-state index contributed by atoms with van der Waals surface area (Å²) in [5.74, 6) is -1.79. The second-order valence-corrected chi connectivity index (χ2v) is 9.52. The van der Waals surface area contributed by atoms with Crippen LogP contribution in [0.25, 0.3) is 16.9 Å². The van der Waals surface area contributed by atoms with E-state index in [2.05, 4.69) is 10.3 Å². The van der Waals surface area contributed by atoms with Gasteiger partial charge in [0, 0.05) is 24.8 Å². The lowest BCUT2D eigenvalue weighted by atomic mass is 10.0. The lowest BCUT2D eigenvalue weighted by Crippen LogP contribution is -2.45. The first-order valence-electron chi connectivity index (χ1n) is 12.3. The van der Waals surface area contributed by atoms with Gasteiger partial charge in [0.05, 0.1) is 36.2 Å². The summed E-state index contributed by atoms with van der Waals surface area (Å²) in [6.45, 7) is 2.49. The number of rotatable bonds is 5. The Kier molecular flexibility index (Phi) is 6.96. The minimum atomic E-state index is -1.05. The molecule has 1 aromatic carbocycles. The second kappa shape index (κ2) is 10.3. The standard InChI is InChI=1S/C26H28F2N4O5/c1-15-6-7-32-21(13-18-14-31(26(34)35)8-9-36-18)24(30-22(32)10-15)23-19(27)11-16(12-20(23)28)29-25(33)37-17-4-2-3-5-17/h6-7,10-12,17-18H,2-5,8-9,13-14H2,1H3,(H,29,33)(H,34,35). The molecule has 0 radical (unpaired) electrons.